The number of aryl methyl sites for hydroxylation is 3. The maximum absolute atomic E-state index is 4.41. The predicted octanol–water partition coefficient (Wildman–Crippen LogP) is 5.02. The van der Waals surface area contributed by atoms with E-state index in [4.69, 9.17) is 0 Å². The number of hydrogen-bond donors (Lipinski definition) is 0. The van der Waals surface area contributed by atoms with Crippen molar-refractivity contribution < 1.29 is 0 Å². The molecule has 104 valence electrons. The molecule has 0 atom stereocenters. The van der Waals surface area contributed by atoms with Gasteiger partial charge in [-0.25, -0.2) is 4.98 Å². The van der Waals surface area contributed by atoms with Gasteiger partial charge in [0.15, 0.2) is 0 Å². The molecule has 1 aromatic heterocycles. The predicted molar refractivity (Wildman–Crippen MR) is 99.4 cm³/mol. The first-order valence-electron chi connectivity index (χ1n) is 6.17. The van der Waals surface area contributed by atoms with Crippen molar-refractivity contribution in [3.63, 3.8) is 0 Å². The van der Waals surface area contributed by atoms with Crippen LogP contribution in [0.15, 0.2) is 18.5 Å². The van der Waals surface area contributed by atoms with Crippen molar-refractivity contribution in [2.24, 2.45) is 7.05 Å². The molecule has 0 fully saturated rings. The van der Waals surface area contributed by atoms with Crippen molar-refractivity contribution in [2.45, 2.75) is 34.1 Å². The van der Waals surface area contributed by atoms with E-state index in [1.165, 1.54) is 27.8 Å². The van der Waals surface area contributed by atoms with Crippen molar-refractivity contribution in [2.75, 3.05) is 0 Å². The summed E-state index contributed by atoms with van der Waals surface area (Å²) in [6, 6.07) is 2.28. The van der Waals surface area contributed by atoms with Gasteiger partial charge in [-0.2, -0.15) is 0 Å². The Morgan fingerprint density at radius 1 is 1.05 bits per heavy atom. The monoisotopic (exact) mass is 482 g/mol. The summed E-state index contributed by atoms with van der Waals surface area (Å²) < 4.78 is 2.09. The van der Waals surface area contributed by atoms with Gasteiger partial charge < -0.3 is 4.57 Å². The lowest BCUT2D eigenvalue weighted by Crippen LogP contribution is -2.04. The third kappa shape index (κ3) is 3.93. The lowest BCUT2D eigenvalue weighted by atomic mass is 9.92. The van der Waals surface area contributed by atoms with Gasteiger partial charge in [-0.15, -0.1) is 0 Å². The van der Waals surface area contributed by atoms with Gasteiger partial charge in [-0.3, -0.25) is 0 Å². The highest BCUT2D eigenvalue weighted by Crippen LogP contribution is 2.23. The molecule has 2 nitrogen and oxygen atoms in total. The fourth-order valence-electron chi connectivity index (χ4n) is 2.33. The summed E-state index contributed by atoms with van der Waals surface area (Å²) in [4.78, 5) is 4.41. The molecule has 0 aliphatic rings. The van der Waals surface area contributed by atoms with Crippen LogP contribution in [0.3, 0.4) is 0 Å². The normalized spacial score (nSPS) is 10.1. The third-order valence-electron chi connectivity index (χ3n) is 3.77. The lowest BCUT2D eigenvalue weighted by Gasteiger charge is -2.14. The summed E-state index contributed by atoms with van der Waals surface area (Å²) in [5, 5.41) is 0. The maximum Gasteiger partial charge on any atom is 0.112 e. The Morgan fingerprint density at radius 3 is 2.21 bits per heavy atom. The molecule has 0 aliphatic heterocycles. The Labute approximate surface area is 139 Å². The van der Waals surface area contributed by atoms with E-state index in [0.29, 0.717) is 0 Å². The SMILES string of the molecule is Cc1cc(C)c(Cc2nccn2C)c(C)c1C.II. The number of rotatable bonds is 2. The average molecular weight is 482 g/mol. The summed E-state index contributed by atoms with van der Waals surface area (Å²) in [5.74, 6) is 1.12. The van der Waals surface area contributed by atoms with Crippen molar-refractivity contribution in [3.8, 4) is 0 Å². The summed E-state index contributed by atoms with van der Waals surface area (Å²) in [6.45, 7) is 8.79. The topological polar surface area (TPSA) is 17.8 Å². The molecule has 1 aromatic carbocycles. The molecule has 2 aromatic rings. The van der Waals surface area contributed by atoms with Crippen molar-refractivity contribution >= 4 is 37.2 Å². The number of nitrogens with zero attached hydrogens (tertiary/aromatic N) is 2. The molecule has 0 saturated heterocycles. The largest absolute Gasteiger partial charge is 0.338 e. The third-order valence-corrected chi connectivity index (χ3v) is 3.77. The number of hydrogen-bond acceptors (Lipinski definition) is 1. The first-order valence-corrected chi connectivity index (χ1v) is 12.5. The molecule has 0 amide bonds. The molecule has 0 radical (unpaired) electrons. The lowest BCUT2D eigenvalue weighted by molar-refractivity contribution is 0.816. The van der Waals surface area contributed by atoms with Crippen LogP contribution in [0.2, 0.25) is 0 Å². The quantitative estimate of drug-likeness (QED) is 0.551. The van der Waals surface area contributed by atoms with Gasteiger partial charge in [0.1, 0.15) is 5.82 Å². The van der Waals surface area contributed by atoms with E-state index in [9.17, 15) is 0 Å². The molecule has 1 heterocycles. The average Bonchev–Trinajstić information content (AvgIpc) is 2.80. The van der Waals surface area contributed by atoms with Crippen molar-refractivity contribution in [1.29, 1.82) is 0 Å². The van der Waals surface area contributed by atoms with E-state index in [0.717, 1.165) is 12.2 Å². The summed E-state index contributed by atoms with van der Waals surface area (Å²) in [5.41, 5.74) is 6.98. The Kier molecular flexibility index (Phi) is 6.79. The van der Waals surface area contributed by atoms with Gasteiger partial charge in [-0.1, -0.05) is 6.07 Å². The van der Waals surface area contributed by atoms with Crippen LogP contribution in [-0.4, -0.2) is 9.55 Å². The van der Waals surface area contributed by atoms with Crippen LogP contribution in [0, 0.1) is 27.7 Å². The summed E-state index contributed by atoms with van der Waals surface area (Å²) >= 11 is 4.24. The summed E-state index contributed by atoms with van der Waals surface area (Å²) in [6.07, 6.45) is 4.78. The molecule has 0 saturated carbocycles. The van der Waals surface area contributed by atoms with E-state index in [1.54, 1.807) is 0 Å². The van der Waals surface area contributed by atoms with Crippen LogP contribution in [0.25, 0.3) is 0 Å². The zero-order valence-corrected chi connectivity index (χ0v) is 16.4. The highest BCUT2D eigenvalue weighted by molar-refractivity contribution is 15.0. The molecule has 0 aliphatic carbocycles. The van der Waals surface area contributed by atoms with Gasteiger partial charge in [0.05, 0.1) is 0 Å². The molecular weight excluding hydrogens is 462 g/mol. The van der Waals surface area contributed by atoms with Gasteiger partial charge in [-0.05, 0) is 55.5 Å². The molecule has 0 bridgehead atoms. The second-order valence-corrected chi connectivity index (χ2v) is 4.87. The molecule has 2 rings (SSSR count). The van der Waals surface area contributed by atoms with Gasteiger partial charge in [0, 0.05) is 63.1 Å². The Balaban J connectivity index is 0.000000861. The molecule has 0 N–H and O–H groups in total. The first-order chi connectivity index (χ1) is 9.00. The summed E-state index contributed by atoms with van der Waals surface area (Å²) in [7, 11) is 2.05. The minimum absolute atomic E-state index is 0.919. The van der Waals surface area contributed by atoms with Gasteiger partial charge >= 0.3 is 0 Å². The second kappa shape index (κ2) is 7.61. The number of benzene rings is 1. The van der Waals surface area contributed by atoms with E-state index >= 15 is 0 Å². The molecule has 0 unspecified atom stereocenters. The number of imidazole rings is 1. The Hall–Kier alpha value is -0.110. The second-order valence-electron chi connectivity index (χ2n) is 4.87. The van der Waals surface area contributed by atoms with Crippen LogP contribution in [-0.2, 0) is 13.5 Å². The van der Waals surface area contributed by atoms with E-state index < -0.39 is 0 Å². The van der Waals surface area contributed by atoms with Crippen LogP contribution in [0.1, 0.15) is 33.6 Å². The molecule has 19 heavy (non-hydrogen) atoms. The zero-order valence-electron chi connectivity index (χ0n) is 12.1. The van der Waals surface area contributed by atoms with Crippen molar-refractivity contribution in [1.82, 2.24) is 9.55 Å². The Bertz CT molecular complexity index is 560. The van der Waals surface area contributed by atoms with Crippen LogP contribution in [0.5, 0.6) is 0 Å². The molecule has 0 spiro atoms. The molecule has 4 heteroatoms. The minimum Gasteiger partial charge on any atom is -0.338 e. The van der Waals surface area contributed by atoms with Crippen molar-refractivity contribution in [3.05, 3.63) is 52.1 Å². The smallest absolute Gasteiger partial charge is 0.112 e. The van der Waals surface area contributed by atoms with Crippen LogP contribution >= 0.6 is 37.2 Å². The van der Waals surface area contributed by atoms with E-state index in [2.05, 4.69) is 80.5 Å². The Morgan fingerprint density at radius 2 is 1.68 bits per heavy atom. The zero-order chi connectivity index (χ0) is 14.6. The fourth-order valence-corrected chi connectivity index (χ4v) is 2.33. The van der Waals surface area contributed by atoms with Crippen LogP contribution in [0.4, 0.5) is 0 Å². The minimum atomic E-state index is 0.919. The molecular formula is C15H20I2N2. The first kappa shape index (κ1) is 16.9. The number of aromatic nitrogens is 2. The van der Waals surface area contributed by atoms with Gasteiger partial charge in [0.2, 0.25) is 0 Å². The fraction of sp³-hybridized carbons (Fsp3) is 0.400. The highest BCUT2D eigenvalue weighted by atomic mass is 128. The van der Waals surface area contributed by atoms with E-state index in [-0.39, 0.29) is 0 Å². The van der Waals surface area contributed by atoms with Crippen LogP contribution < -0.4 is 0 Å². The standard InChI is InChI=1S/C15H20N2.I2/c1-10-8-11(2)14(13(4)12(10)3)9-15-16-6-7-17(15)5;1-2/h6-8H,9H2,1-5H3;. The highest BCUT2D eigenvalue weighted by Gasteiger charge is 2.10. The number of halogens is 2. The van der Waals surface area contributed by atoms with E-state index in [1.807, 2.05) is 19.4 Å². The van der Waals surface area contributed by atoms with Gasteiger partial charge in [0.25, 0.3) is 0 Å². The maximum atomic E-state index is 4.41.